The largest absolute Gasteiger partial charge is 0.430 e. The highest BCUT2D eigenvalue weighted by Gasteiger charge is 2.15. The average molecular weight is 412 g/mol. The minimum atomic E-state index is -3.35. The number of para-hydroxylation sites is 1. The molecule has 0 aliphatic heterocycles. The van der Waals surface area contributed by atoms with Gasteiger partial charge < -0.3 is 20.5 Å². The highest BCUT2D eigenvalue weighted by Crippen LogP contribution is 2.18. The number of rotatable bonds is 9. The van der Waals surface area contributed by atoms with Crippen LogP contribution < -0.4 is 11.1 Å². The Hall–Kier alpha value is -3.74. The highest BCUT2D eigenvalue weighted by molar-refractivity contribution is 6.06. The van der Waals surface area contributed by atoms with Crippen LogP contribution in [0.5, 0.6) is 0 Å². The summed E-state index contributed by atoms with van der Waals surface area (Å²) in [6, 6.07) is 5.99. The minimum Gasteiger partial charge on any atom is -0.430 e. The zero-order chi connectivity index (χ0) is 22.0. The third-order valence-electron chi connectivity index (χ3n) is 3.08. The second-order valence-corrected chi connectivity index (χ2v) is 5.22. The van der Waals surface area contributed by atoms with Crippen LogP contribution >= 0.6 is 0 Å². The Morgan fingerprint density at radius 1 is 1.14 bits per heavy atom. The molecule has 0 aromatic heterocycles. The van der Waals surface area contributed by atoms with Crippen LogP contribution in [0.15, 0.2) is 59.6 Å². The van der Waals surface area contributed by atoms with Gasteiger partial charge in [-0.2, -0.15) is 17.6 Å². The quantitative estimate of drug-likeness (QED) is 0.213. The van der Waals surface area contributed by atoms with Crippen LogP contribution in [0.3, 0.4) is 0 Å². The molecule has 0 aliphatic rings. The maximum Gasteiger partial charge on any atom is 0.388 e. The van der Waals surface area contributed by atoms with Gasteiger partial charge in [0.2, 0.25) is 11.7 Å². The molecule has 0 fully saturated rings. The van der Waals surface area contributed by atoms with Crippen LogP contribution in [0.2, 0.25) is 0 Å². The van der Waals surface area contributed by atoms with Gasteiger partial charge in [0.1, 0.15) is 0 Å². The third-order valence-corrected chi connectivity index (χ3v) is 3.08. The zero-order valence-corrected chi connectivity index (χ0v) is 15.0. The highest BCUT2D eigenvalue weighted by atomic mass is 19.3. The van der Waals surface area contributed by atoms with Gasteiger partial charge in [0.15, 0.2) is 5.76 Å². The summed E-state index contributed by atoms with van der Waals surface area (Å²) in [5, 5.41) is 2.42. The number of allylic oxidation sites excluding steroid dienone is 4. The molecule has 0 saturated heterocycles. The predicted molar refractivity (Wildman–Crippen MR) is 96.5 cm³/mol. The summed E-state index contributed by atoms with van der Waals surface area (Å²) in [5.74, 6) is -1.49. The third kappa shape index (κ3) is 8.21. The number of carbonyl (C=O) groups excluding carboxylic acids is 2. The number of benzene rings is 1. The van der Waals surface area contributed by atoms with E-state index in [1.54, 1.807) is 18.1 Å². The lowest BCUT2D eigenvalue weighted by molar-refractivity contribution is -0.116. The molecule has 0 saturated carbocycles. The smallest absolute Gasteiger partial charge is 0.388 e. The number of nitrogens with two attached hydrogens (primary N) is 1. The number of hydrogen-bond donors (Lipinski definition) is 2. The van der Waals surface area contributed by atoms with Crippen molar-refractivity contribution in [3.8, 4) is 12.3 Å². The van der Waals surface area contributed by atoms with Crippen LogP contribution in [0.25, 0.3) is 0 Å². The van der Waals surface area contributed by atoms with E-state index in [4.69, 9.17) is 12.2 Å². The minimum absolute atomic E-state index is 0.0832. The molecule has 0 heterocycles. The van der Waals surface area contributed by atoms with Gasteiger partial charge in [-0.1, -0.05) is 18.2 Å². The van der Waals surface area contributed by atoms with Crippen molar-refractivity contribution in [3.63, 3.8) is 0 Å². The second-order valence-electron chi connectivity index (χ2n) is 5.22. The van der Waals surface area contributed by atoms with Crippen molar-refractivity contribution in [2.75, 3.05) is 5.32 Å². The van der Waals surface area contributed by atoms with Crippen molar-refractivity contribution >= 4 is 17.5 Å². The number of halogens is 4. The molecule has 3 N–H and O–H groups in total. The lowest BCUT2D eigenvalue weighted by Gasteiger charge is -2.10. The summed E-state index contributed by atoms with van der Waals surface area (Å²) in [6.45, 7) is -5.33. The predicted octanol–water partition coefficient (Wildman–Crippen LogP) is 3.55. The van der Waals surface area contributed by atoms with Gasteiger partial charge in [-0.15, -0.1) is 6.42 Å². The van der Waals surface area contributed by atoms with Gasteiger partial charge >= 0.3 is 13.2 Å². The fourth-order valence-electron chi connectivity index (χ4n) is 1.94. The maximum atomic E-state index is 12.5. The molecule has 6 nitrogen and oxygen atoms in total. The number of hydrogen-bond acceptors (Lipinski definition) is 4. The lowest BCUT2D eigenvalue weighted by Crippen LogP contribution is -2.16. The summed E-state index contributed by atoms with van der Waals surface area (Å²) in [7, 11) is 0. The topological polar surface area (TPSA) is 90.6 Å². The van der Waals surface area contributed by atoms with Crippen molar-refractivity contribution < 1.29 is 36.6 Å². The molecule has 10 heteroatoms. The molecule has 0 bridgehead atoms. The number of alkyl halides is 4. The normalized spacial score (nSPS) is 12.6. The summed E-state index contributed by atoms with van der Waals surface area (Å²) in [5.41, 5.74) is 5.59. The van der Waals surface area contributed by atoms with Gasteiger partial charge in [-0.05, 0) is 36.6 Å². The number of amides is 2. The number of ether oxygens (including phenoxy) is 2. The first-order valence-corrected chi connectivity index (χ1v) is 7.80. The summed E-state index contributed by atoms with van der Waals surface area (Å²) in [6.07, 6.45) is 8.05. The molecule has 0 aliphatic carbocycles. The first kappa shape index (κ1) is 23.3. The molecule has 0 spiro atoms. The molecule has 154 valence electrons. The van der Waals surface area contributed by atoms with Crippen LogP contribution in [-0.2, 0) is 14.3 Å². The molecule has 29 heavy (non-hydrogen) atoms. The standard InChI is InChI=1S/C19H16F4N2O4/c1-3-14(28-18(20)21)15(29-19(22)23)10-11(2)8-9-16(26)25-13-7-5-4-6-12(13)17(24)27/h1,4-10,18-19H,2H3,(H2,24,27)(H,25,26)/b9-8+,11-10+,15-14-. The number of terminal acetylenes is 1. The first-order chi connectivity index (χ1) is 13.6. The van der Waals surface area contributed by atoms with E-state index in [9.17, 15) is 27.2 Å². The van der Waals surface area contributed by atoms with Crippen LogP contribution in [-0.4, -0.2) is 25.0 Å². The Labute approximate surface area is 163 Å². The molecular weight excluding hydrogens is 396 g/mol. The van der Waals surface area contributed by atoms with Crippen molar-refractivity contribution in [2.45, 2.75) is 20.1 Å². The number of anilines is 1. The van der Waals surface area contributed by atoms with E-state index in [-0.39, 0.29) is 16.8 Å². The molecule has 2 amide bonds. The zero-order valence-electron chi connectivity index (χ0n) is 15.0. The Balaban J connectivity index is 3.02. The van der Waals surface area contributed by atoms with E-state index >= 15 is 0 Å². The molecule has 1 rings (SSSR count). The van der Waals surface area contributed by atoms with Crippen molar-refractivity contribution in [1.29, 1.82) is 0 Å². The SMILES string of the molecule is C#C\C(OC(F)F)=C(/C=C(C)/C=C/C(=O)Nc1ccccc1C(N)=O)OC(F)F. The van der Waals surface area contributed by atoms with E-state index in [0.717, 1.165) is 12.2 Å². The van der Waals surface area contributed by atoms with Crippen molar-refractivity contribution in [3.05, 3.63) is 65.1 Å². The van der Waals surface area contributed by atoms with Crippen molar-refractivity contribution in [2.24, 2.45) is 5.73 Å². The van der Waals surface area contributed by atoms with Gasteiger partial charge in [0.05, 0.1) is 11.3 Å². The van der Waals surface area contributed by atoms with E-state index < -0.39 is 36.6 Å². The van der Waals surface area contributed by atoms with Gasteiger partial charge in [-0.25, -0.2) is 0 Å². The molecule has 1 aromatic carbocycles. The Kier molecular flexibility index (Phi) is 8.98. The van der Waals surface area contributed by atoms with Gasteiger partial charge in [-0.3, -0.25) is 9.59 Å². The summed E-state index contributed by atoms with van der Waals surface area (Å²) < 4.78 is 57.8. The Morgan fingerprint density at radius 2 is 1.76 bits per heavy atom. The van der Waals surface area contributed by atoms with E-state index in [1.807, 2.05) is 0 Å². The van der Waals surface area contributed by atoms with Crippen molar-refractivity contribution in [1.82, 2.24) is 0 Å². The fourth-order valence-corrected chi connectivity index (χ4v) is 1.94. The summed E-state index contributed by atoms with van der Waals surface area (Å²) in [4.78, 5) is 23.3. The first-order valence-electron chi connectivity index (χ1n) is 7.80. The fraction of sp³-hybridized carbons (Fsp3) is 0.158. The van der Waals surface area contributed by atoms with E-state index in [0.29, 0.717) is 0 Å². The lowest BCUT2D eigenvalue weighted by atomic mass is 10.1. The average Bonchev–Trinajstić information content (AvgIpc) is 2.63. The number of nitrogens with one attached hydrogen (secondary N) is 1. The van der Waals surface area contributed by atoms with Crippen LogP contribution in [0.1, 0.15) is 17.3 Å². The van der Waals surface area contributed by atoms with Crippen LogP contribution in [0.4, 0.5) is 23.2 Å². The summed E-state index contributed by atoms with van der Waals surface area (Å²) >= 11 is 0. The molecule has 0 radical (unpaired) electrons. The number of primary amides is 1. The Morgan fingerprint density at radius 3 is 2.31 bits per heavy atom. The number of carbonyl (C=O) groups is 2. The van der Waals surface area contributed by atoms with E-state index in [2.05, 4.69) is 14.8 Å². The van der Waals surface area contributed by atoms with Gasteiger partial charge in [0.25, 0.3) is 5.91 Å². The monoisotopic (exact) mass is 412 g/mol. The van der Waals surface area contributed by atoms with Crippen LogP contribution in [0, 0.1) is 12.3 Å². The Bertz CT molecular complexity index is 886. The second kappa shape index (κ2) is 11.2. The van der Waals surface area contributed by atoms with E-state index in [1.165, 1.54) is 25.1 Å². The molecule has 0 unspecified atom stereocenters. The molecular formula is C19H16F4N2O4. The van der Waals surface area contributed by atoms with Gasteiger partial charge in [0, 0.05) is 6.08 Å². The molecule has 0 atom stereocenters. The molecule has 1 aromatic rings. The maximum absolute atomic E-state index is 12.5.